The quantitative estimate of drug-likeness (QED) is 0.655. The Morgan fingerprint density at radius 2 is 1.77 bits per heavy atom. The van der Waals surface area contributed by atoms with Gasteiger partial charge in [-0.15, -0.1) is 0 Å². The Hall–Kier alpha value is -1.57. The van der Waals surface area contributed by atoms with Gasteiger partial charge < -0.3 is 10.8 Å². The molecule has 0 radical (unpaired) electrons. The van der Waals surface area contributed by atoms with Gasteiger partial charge in [0.2, 0.25) is 0 Å². The third-order valence-corrected chi connectivity index (χ3v) is 4.96. The maximum Gasteiger partial charge on any atom is 0.416 e. The van der Waals surface area contributed by atoms with Crippen LogP contribution in [-0.4, -0.2) is 17.3 Å². The average Bonchev–Trinajstić information content (AvgIpc) is 2.56. The molecule has 0 spiro atoms. The molecule has 2 nitrogen and oxygen atoms in total. The first kappa shape index (κ1) is 20.7. The van der Waals surface area contributed by atoms with Crippen LogP contribution in [0.5, 0.6) is 0 Å². The Bertz CT molecular complexity index is 747. The minimum atomic E-state index is -4.41. The van der Waals surface area contributed by atoms with E-state index in [1.807, 2.05) is 0 Å². The van der Waals surface area contributed by atoms with Gasteiger partial charge in [0.25, 0.3) is 0 Å². The predicted molar refractivity (Wildman–Crippen MR) is 94.6 cm³/mol. The molecule has 0 fully saturated rings. The zero-order valence-electron chi connectivity index (χ0n) is 14.3. The molecule has 0 aliphatic rings. The third-order valence-electron chi connectivity index (χ3n) is 3.98. The number of aryl methyl sites for hydroxylation is 1. The van der Waals surface area contributed by atoms with E-state index in [1.54, 1.807) is 25.1 Å². The fourth-order valence-electron chi connectivity index (χ4n) is 2.43. The van der Waals surface area contributed by atoms with E-state index >= 15 is 0 Å². The lowest BCUT2D eigenvalue weighted by molar-refractivity contribution is -0.137. The van der Waals surface area contributed by atoms with Crippen molar-refractivity contribution >= 4 is 11.8 Å². The topological polar surface area (TPSA) is 46.2 Å². The number of hydrogen-bond donors (Lipinski definition) is 2. The Morgan fingerprint density at radius 1 is 1.08 bits per heavy atom. The van der Waals surface area contributed by atoms with Crippen LogP contribution in [0.15, 0.2) is 52.3 Å². The zero-order chi connectivity index (χ0) is 19.4. The number of rotatable bonds is 7. The van der Waals surface area contributed by atoms with Crippen molar-refractivity contribution in [1.82, 2.24) is 0 Å². The van der Waals surface area contributed by atoms with Crippen molar-refractivity contribution in [2.75, 3.05) is 6.61 Å². The summed E-state index contributed by atoms with van der Waals surface area (Å²) in [5.41, 5.74) is 4.95. The molecule has 0 amide bonds. The highest BCUT2D eigenvalue weighted by atomic mass is 32.2. The van der Waals surface area contributed by atoms with Gasteiger partial charge >= 0.3 is 6.18 Å². The third kappa shape index (κ3) is 6.00. The summed E-state index contributed by atoms with van der Waals surface area (Å²) in [6, 6.07) is 9.60. The molecule has 2 rings (SSSR count). The molecular weight excluding hydrogens is 366 g/mol. The first-order valence-corrected chi connectivity index (χ1v) is 8.96. The van der Waals surface area contributed by atoms with E-state index in [2.05, 4.69) is 0 Å². The Labute approximate surface area is 154 Å². The largest absolute Gasteiger partial charge is 0.416 e. The lowest BCUT2D eigenvalue weighted by atomic mass is 9.95. The fourth-order valence-corrected chi connectivity index (χ4v) is 3.33. The van der Waals surface area contributed by atoms with Crippen molar-refractivity contribution in [3.63, 3.8) is 0 Å². The predicted octanol–water partition coefficient (Wildman–Crippen LogP) is 5.03. The van der Waals surface area contributed by atoms with Crippen LogP contribution in [0.25, 0.3) is 0 Å². The van der Waals surface area contributed by atoms with Gasteiger partial charge in [0.15, 0.2) is 0 Å². The molecule has 2 aromatic rings. The lowest BCUT2D eigenvalue weighted by Crippen LogP contribution is -2.40. The molecule has 0 bridgehead atoms. The molecule has 0 saturated carbocycles. The molecule has 0 unspecified atom stereocenters. The summed E-state index contributed by atoms with van der Waals surface area (Å²) in [5, 5.41) is 9.12. The van der Waals surface area contributed by atoms with Crippen LogP contribution < -0.4 is 5.73 Å². The summed E-state index contributed by atoms with van der Waals surface area (Å²) in [6.07, 6.45) is -2.74. The van der Waals surface area contributed by atoms with Crippen LogP contribution in [0.1, 0.15) is 30.9 Å². The molecule has 26 heavy (non-hydrogen) atoms. The van der Waals surface area contributed by atoms with E-state index in [0.29, 0.717) is 34.6 Å². The van der Waals surface area contributed by atoms with Gasteiger partial charge in [0.05, 0.1) is 12.2 Å². The lowest BCUT2D eigenvalue weighted by Gasteiger charge is -2.21. The second kappa shape index (κ2) is 8.41. The Morgan fingerprint density at radius 3 is 2.38 bits per heavy atom. The molecule has 0 aliphatic carbocycles. The smallest absolute Gasteiger partial charge is 0.394 e. The van der Waals surface area contributed by atoms with E-state index in [9.17, 15) is 17.6 Å². The summed E-state index contributed by atoms with van der Waals surface area (Å²) in [5.74, 6) is -0.398. The van der Waals surface area contributed by atoms with Gasteiger partial charge in [0.1, 0.15) is 5.82 Å². The number of halogens is 4. The van der Waals surface area contributed by atoms with Crippen LogP contribution >= 0.6 is 11.8 Å². The van der Waals surface area contributed by atoms with Crippen molar-refractivity contribution in [1.29, 1.82) is 0 Å². The van der Waals surface area contributed by atoms with E-state index in [4.69, 9.17) is 10.8 Å². The van der Waals surface area contributed by atoms with Crippen LogP contribution in [0, 0.1) is 5.82 Å². The van der Waals surface area contributed by atoms with E-state index < -0.39 is 23.1 Å². The van der Waals surface area contributed by atoms with Gasteiger partial charge in [-0.3, -0.25) is 0 Å². The van der Waals surface area contributed by atoms with E-state index in [1.165, 1.54) is 12.1 Å². The summed E-state index contributed by atoms with van der Waals surface area (Å²) < 4.78 is 52.5. The monoisotopic (exact) mass is 387 g/mol. The summed E-state index contributed by atoms with van der Waals surface area (Å²) in [7, 11) is 0. The first-order valence-electron chi connectivity index (χ1n) is 8.14. The summed E-state index contributed by atoms with van der Waals surface area (Å²) in [4.78, 5) is 0.929. The van der Waals surface area contributed by atoms with Crippen molar-refractivity contribution < 1.29 is 22.7 Å². The number of aliphatic hydroxyl groups excluding tert-OH is 1. The number of nitrogens with two attached hydrogens (primary N) is 1. The average molecular weight is 387 g/mol. The summed E-state index contributed by atoms with van der Waals surface area (Å²) in [6.45, 7) is 1.60. The molecule has 142 valence electrons. The Balaban J connectivity index is 2.03. The van der Waals surface area contributed by atoms with Crippen LogP contribution in [0.4, 0.5) is 17.6 Å². The second-order valence-electron chi connectivity index (χ2n) is 6.55. The minimum absolute atomic E-state index is 0.137. The highest BCUT2D eigenvalue weighted by Crippen LogP contribution is 2.34. The van der Waals surface area contributed by atoms with Crippen LogP contribution in [0.3, 0.4) is 0 Å². The molecule has 0 aromatic heterocycles. The van der Waals surface area contributed by atoms with Gasteiger partial charge in [0, 0.05) is 15.3 Å². The zero-order valence-corrected chi connectivity index (χ0v) is 15.1. The first-order chi connectivity index (χ1) is 12.1. The summed E-state index contributed by atoms with van der Waals surface area (Å²) >= 11 is 1.08. The maximum absolute atomic E-state index is 14.2. The minimum Gasteiger partial charge on any atom is -0.394 e. The van der Waals surface area contributed by atoms with E-state index in [-0.39, 0.29) is 6.61 Å². The van der Waals surface area contributed by atoms with Crippen molar-refractivity contribution in [3.8, 4) is 0 Å². The maximum atomic E-state index is 14.2. The highest BCUT2D eigenvalue weighted by Gasteiger charge is 2.30. The van der Waals surface area contributed by atoms with Crippen molar-refractivity contribution in [3.05, 3.63) is 59.4 Å². The van der Waals surface area contributed by atoms with Crippen molar-refractivity contribution in [2.45, 2.75) is 47.7 Å². The van der Waals surface area contributed by atoms with Gasteiger partial charge in [-0.25, -0.2) is 4.39 Å². The SMILES string of the molecule is C[C@](N)(CO)CCCc1ccc(Sc2cccc(C(F)(F)F)c2)cc1F. The second-order valence-corrected chi connectivity index (χ2v) is 7.69. The molecule has 0 saturated heterocycles. The van der Waals surface area contributed by atoms with Gasteiger partial charge in [-0.2, -0.15) is 13.2 Å². The van der Waals surface area contributed by atoms with E-state index in [0.717, 1.165) is 23.9 Å². The molecule has 2 aromatic carbocycles. The fraction of sp³-hybridized carbons (Fsp3) is 0.368. The van der Waals surface area contributed by atoms with Crippen molar-refractivity contribution in [2.24, 2.45) is 5.73 Å². The van der Waals surface area contributed by atoms with Crippen LogP contribution in [0.2, 0.25) is 0 Å². The molecular formula is C19H21F4NOS. The highest BCUT2D eigenvalue weighted by molar-refractivity contribution is 7.99. The number of aliphatic hydroxyl groups is 1. The molecule has 0 heterocycles. The molecule has 0 aliphatic heterocycles. The Kier molecular flexibility index (Phi) is 6.71. The van der Waals surface area contributed by atoms with Gasteiger partial charge in [-0.05, 0) is 62.1 Å². The molecule has 1 atom stereocenters. The normalized spacial score (nSPS) is 14.3. The van der Waals surface area contributed by atoms with Gasteiger partial charge in [-0.1, -0.05) is 23.9 Å². The molecule has 3 N–H and O–H groups in total. The number of hydrogen-bond acceptors (Lipinski definition) is 3. The van der Waals surface area contributed by atoms with Crippen LogP contribution in [-0.2, 0) is 12.6 Å². The number of alkyl halides is 3. The number of benzene rings is 2. The standard InChI is InChI=1S/C19H21F4NOS/c1-18(24,12-25)9-3-4-13-7-8-16(11-17(13)20)26-15-6-2-5-14(10-15)19(21,22)23/h2,5-8,10-11,25H,3-4,9,12,24H2,1H3/t18-/m1/s1. The molecule has 7 heteroatoms.